The molecular weight excluding hydrogens is 415 g/mol. The zero-order valence-electron chi connectivity index (χ0n) is 15.6. The summed E-state index contributed by atoms with van der Waals surface area (Å²) in [4.78, 5) is 26.9. The molecule has 28 heavy (non-hydrogen) atoms. The molecule has 1 unspecified atom stereocenters. The highest BCUT2D eigenvalue weighted by Gasteiger charge is 2.20. The third-order valence-corrected chi connectivity index (χ3v) is 6.41. The predicted octanol–water partition coefficient (Wildman–Crippen LogP) is 4.91. The molecule has 1 atom stereocenters. The van der Waals surface area contributed by atoms with Crippen LogP contribution in [0.1, 0.15) is 30.9 Å². The summed E-state index contributed by atoms with van der Waals surface area (Å²) in [5.41, 5.74) is 2.09. The summed E-state index contributed by atoms with van der Waals surface area (Å²) >= 11 is 13.6. The Bertz CT molecular complexity index is 875. The van der Waals surface area contributed by atoms with Crippen molar-refractivity contribution in [3.8, 4) is 0 Å². The summed E-state index contributed by atoms with van der Waals surface area (Å²) in [6.45, 7) is 3.72. The number of carbonyl (C=O) groups is 2. The van der Waals surface area contributed by atoms with Crippen LogP contribution in [0.4, 0.5) is 0 Å². The van der Waals surface area contributed by atoms with Crippen LogP contribution in [0, 0.1) is 0 Å². The lowest BCUT2D eigenvalue weighted by Crippen LogP contribution is -2.30. The highest BCUT2D eigenvalue weighted by atomic mass is 35.5. The van der Waals surface area contributed by atoms with Gasteiger partial charge in [0.25, 0.3) is 0 Å². The number of amides is 2. The topological polar surface area (TPSA) is 49.4 Å². The Hall–Kier alpha value is -1.69. The third kappa shape index (κ3) is 5.66. The van der Waals surface area contributed by atoms with E-state index in [1.54, 1.807) is 18.2 Å². The number of hydrogen-bond donors (Lipinski definition) is 1. The monoisotopic (exact) mass is 436 g/mol. The van der Waals surface area contributed by atoms with Crippen LogP contribution in [0.2, 0.25) is 10.0 Å². The van der Waals surface area contributed by atoms with Gasteiger partial charge in [-0.25, -0.2) is 0 Å². The number of halogens is 2. The Kier molecular flexibility index (Phi) is 7.27. The van der Waals surface area contributed by atoms with Crippen LogP contribution in [0.5, 0.6) is 0 Å². The molecule has 0 saturated carbocycles. The van der Waals surface area contributed by atoms with Crippen molar-refractivity contribution in [2.24, 2.45) is 0 Å². The SMILES string of the molecule is CC(Sc1cc(Cl)ccc1Cl)C(=O)NCc1cccc(CN2CCCC2=O)c1. The van der Waals surface area contributed by atoms with Crippen molar-refractivity contribution >= 4 is 46.8 Å². The van der Waals surface area contributed by atoms with Crippen LogP contribution < -0.4 is 5.32 Å². The van der Waals surface area contributed by atoms with Gasteiger partial charge in [-0.2, -0.15) is 0 Å². The molecule has 0 spiro atoms. The molecule has 1 aliphatic heterocycles. The fraction of sp³-hybridized carbons (Fsp3) is 0.333. The second kappa shape index (κ2) is 9.68. The number of nitrogens with one attached hydrogen (secondary N) is 1. The number of hydrogen-bond acceptors (Lipinski definition) is 3. The van der Waals surface area contributed by atoms with E-state index in [1.807, 2.05) is 36.1 Å². The van der Waals surface area contributed by atoms with E-state index in [4.69, 9.17) is 23.2 Å². The van der Waals surface area contributed by atoms with Crippen molar-refractivity contribution in [2.45, 2.75) is 43.0 Å². The first-order chi connectivity index (χ1) is 13.4. The third-order valence-electron chi connectivity index (χ3n) is 4.57. The Morgan fingerprint density at radius 1 is 1.21 bits per heavy atom. The number of likely N-dealkylation sites (tertiary alicyclic amines) is 1. The molecule has 0 aliphatic carbocycles. The van der Waals surface area contributed by atoms with Crippen LogP contribution in [-0.2, 0) is 22.7 Å². The molecule has 4 nitrogen and oxygen atoms in total. The maximum absolute atomic E-state index is 12.5. The minimum absolute atomic E-state index is 0.0684. The molecular formula is C21H22Cl2N2O2S. The van der Waals surface area contributed by atoms with E-state index < -0.39 is 0 Å². The number of benzene rings is 2. The Morgan fingerprint density at radius 3 is 2.75 bits per heavy atom. The van der Waals surface area contributed by atoms with Gasteiger partial charge in [0.05, 0.1) is 10.3 Å². The highest BCUT2D eigenvalue weighted by Crippen LogP contribution is 2.32. The van der Waals surface area contributed by atoms with Gasteiger partial charge in [-0.3, -0.25) is 9.59 Å². The lowest BCUT2D eigenvalue weighted by Gasteiger charge is -2.16. The fourth-order valence-electron chi connectivity index (χ4n) is 3.07. The summed E-state index contributed by atoms with van der Waals surface area (Å²) < 4.78 is 0. The van der Waals surface area contributed by atoms with E-state index in [0.29, 0.717) is 29.6 Å². The summed E-state index contributed by atoms with van der Waals surface area (Å²) in [5, 5.41) is 3.83. The van der Waals surface area contributed by atoms with Crippen LogP contribution in [0.3, 0.4) is 0 Å². The van der Waals surface area contributed by atoms with Gasteiger partial charge in [0.15, 0.2) is 0 Å². The molecule has 7 heteroatoms. The molecule has 0 aromatic heterocycles. The second-order valence-corrected chi connectivity index (χ2v) is 9.02. The zero-order valence-corrected chi connectivity index (χ0v) is 17.9. The van der Waals surface area contributed by atoms with Gasteiger partial charge >= 0.3 is 0 Å². The van der Waals surface area contributed by atoms with Crippen LogP contribution in [0.25, 0.3) is 0 Å². The van der Waals surface area contributed by atoms with Crippen molar-refractivity contribution in [2.75, 3.05) is 6.54 Å². The Morgan fingerprint density at radius 2 is 2.00 bits per heavy atom. The van der Waals surface area contributed by atoms with E-state index in [0.717, 1.165) is 29.0 Å². The minimum Gasteiger partial charge on any atom is -0.351 e. The van der Waals surface area contributed by atoms with Gasteiger partial charge in [0.1, 0.15) is 0 Å². The van der Waals surface area contributed by atoms with Gasteiger partial charge < -0.3 is 10.2 Å². The Balaban J connectivity index is 1.54. The van der Waals surface area contributed by atoms with Crippen molar-refractivity contribution in [1.82, 2.24) is 10.2 Å². The summed E-state index contributed by atoms with van der Waals surface area (Å²) in [7, 11) is 0. The van der Waals surface area contributed by atoms with Gasteiger partial charge in [-0.1, -0.05) is 47.5 Å². The van der Waals surface area contributed by atoms with Crippen molar-refractivity contribution in [3.05, 3.63) is 63.6 Å². The lowest BCUT2D eigenvalue weighted by molar-refractivity contribution is -0.128. The molecule has 1 saturated heterocycles. The second-order valence-electron chi connectivity index (χ2n) is 6.79. The van der Waals surface area contributed by atoms with E-state index >= 15 is 0 Å². The molecule has 3 rings (SSSR count). The smallest absolute Gasteiger partial charge is 0.233 e. The summed E-state index contributed by atoms with van der Waals surface area (Å²) in [6.07, 6.45) is 1.57. The van der Waals surface area contributed by atoms with Crippen LogP contribution in [-0.4, -0.2) is 28.5 Å². The van der Waals surface area contributed by atoms with Crippen molar-refractivity contribution in [3.63, 3.8) is 0 Å². The molecule has 2 aromatic rings. The van der Waals surface area contributed by atoms with Crippen molar-refractivity contribution in [1.29, 1.82) is 0 Å². The number of thioether (sulfide) groups is 1. The molecule has 0 bridgehead atoms. The summed E-state index contributed by atoms with van der Waals surface area (Å²) in [6, 6.07) is 13.2. The average Bonchev–Trinajstić information content (AvgIpc) is 3.07. The summed E-state index contributed by atoms with van der Waals surface area (Å²) in [5.74, 6) is 0.144. The molecule has 1 N–H and O–H groups in total. The zero-order chi connectivity index (χ0) is 20.1. The maximum atomic E-state index is 12.5. The van der Waals surface area contributed by atoms with E-state index in [2.05, 4.69) is 5.32 Å². The molecule has 148 valence electrons. The quantitative estimate of drug-likeness (QED) is 0.626. The highest BCUT2D eigenvalue weighted by molar-refractivity contribution is 8.00. The normalized spacial score (nSPS) is 15.0. The molecule has 1 aliphatic rings. The molecule has 1 heterocycles. The predicted molar refractivity (Wildman–Crippen MR) is 115 cm³/mol. The van der Waals surface area contributed by atoms with Crippen molar-refractivity contribution < 1.29 is 9.59 Å². The molecule has 2 aromatic carbocycles. The van der Waals surface area contributed by atoms with Crippen LogP contribution in [0.15, 0.2) is 47.4 Å². The maximum Gasteiger partial charge on any atom is 0.233 e. The van der Waals surface area contributed by atoms with E-state index in [1.165, 1.54) is 11.8 Å². The van der Waals surface area contributed by atoms with E-state index in [-0.39, 0.29) is 17.1 Å². The van der Waals surface area contributed by atoms with E-state index in [9.17, 15) is 9.59 Å². The minimum atomic E-state index is -0.304. The number of carbonyl (C=O) groups excluding carboxylic acids is 2. The van der Waals surface area contributed by atoms with Gasteiger partial charge in [-0.05, 0) is 42.7 Å². The fourth-order valence-corrected chi connectivity index (χ4v) is 4.51. The standard InChI is InChI=1S/C21H22Cl2N2O2S/c1-14(28-19-11-17(22)7-8-18(19)23)21(27)24-12-15-4-2-5-16(10-15)13-25-9-3-6-20(25)26/h2,4-5,7-8,10-11,14H,3,6,9,12-13H2,1H3,(H,24,27). The first kappa shape index (κ1) is 21.0. The number of rotatable bonds is 7. The molecule has 1 fully saturated rings. The van der Waals surface area contributed by atoms with Gasteiger partial charge in [-0.15, -0.1) is 11.8 Å². The van der Waals surface area contributed by atoms with Crippen LogP contribution >= 0.6 is 35.0 Å². The lowest BCUT2D eigenvalue weighted by atomic mass is 10.1. The van der Waals surface area contributed by atoms with Gasteiger partial charge in [0.2, 0.25) is 11.8 Å². The molecule has 0 radical (unpaired) electrons. The number of nitrogens with zero attached hydrogens (tertiary/aromatic N) is 1. The molecule has 2 amide bonds. The Labute approximate surface area is 179 Å². The largest absolute Gasteiger partial charge is 0.351 e. The first-order valence-electron chi connectivity index (χ1n) is 9.17. The first-order valence-corrected chi connectivity index (χ1v) is 10.8. The van der Waals surface area contributed by atoms with Gasteiger partial charge in [0, 0.05) is 36.0 Å². The average molecular weight is 437 g/mol.